The van der Waals surface area contributed by atoms with E-state index >= 15 is 0 Å². The maximum Gasteiger partial charge on any atom is 0.303 e. The van der Waals surface area contributed by atoms with Crippen LogP contribution < -0.4 is 5.32 Å². The van der Waals surface area contributed by atoms with Crippen LogP contribution in [0.25, 0.3) is 0 Å². The summed E-state index contributed by atoms with van der Waals surface area (Å²) in [4.78, 5) is 22.8. The molecule has 4 heteroatoms. The summed E-state index contributed by atoms with van der Waals surface area (Å²) in [6.45, 7) is 4.22. The minimum absolute atomic E-state index is 0.105. The summed E-state index contributed by atoms with van der Waals surface area (Å²) in [5, 5.41) is 11.5. The van der Waals surface area contributed by atoms with Crippen LogP contribution in [0.3, 0.4) is 0 Å². The molecule has 2 N–H and O–H groups in total. The van der Waals surface area contributed by atoms with E-state index in [1.165, 1.54) is 5.56 Å². The summed E-state index contributed by atoms with van der Waals surface area (Å²) >= 11 is 0. The zero-order valence-corrected chi connectivity index (χ0v) is 13.4. The van der Waals surface area contributed by atoms with Crippen molar-refractivity contribution in [2.45, 2.75) is 32.6 Å². The molecule has 0 aromatic heterocycles. The van der Waals surface area contributed by atoms with Gasteiger partial charge in [0.15, 0.2) is 0 Å². The third-order valence-corrected chi connectivity index (χ3v) is 3.68. The van der Waals surface area contributed by atoms with Gasteiger partial charge < -0.3 is 10.4 Å². The second-order valence-corrected chi connectivity index (χ2v) is 5.82. The summed E-state index contributed by atoms with van der Waals surface area (Å²) in [5.74, 6) is -0.531. The van der Waals surface area contributed by atoms with E-state index in [1.807, 2.05) is 36.4 Å². The van der Waals surface area contributed by atoms with Crippen LogP contribution in [0.1, 0.15) is 47.7 Å². The molecule has 0 saturated heterocycles. The van der Waals surface area contributed by atoms with Crippen molar-refractivity contribution in [3.05, 3.63) is 65.2 Å². The highest BCUT2D eigenvalue weighted by atomic mass is 16.4. The fourth-order valence-electron chi connectivity index (χ4n) is 2.23. The first-order valence-electron chi connectivity index (χ1n) is 7.68. The molecule has 0 radical (unpaired) electrons. The molecule has 120 valence electrons. The zero-order valence-electron chi connectivity index (χ0n) is 13.4. The van der Waals surface area contributed by atoms with Gasteiger partial charge in [-0.05, 0) is 47.7 Å². The van der Waals surface area contributed by atoms with Crippen molar-refractivity contribution in [3.8, 4) is 0 Å². The highest BCUT2D eigenvalue weighted by Crippen LogP contribution is 2.16. The third-order valence-electron chi connectivity index (χ3n) is 3.68. The molecule has 0 aliphatic heterocycles. The molecule has 2 aromatic rings. The number of amides is 1. The van der Waals surface area contributed by atoms with E-state index in [2.05, 4.69) is 19.2 Å². The van der Waals surface area contributed by atoms with Crippen molar-refractivity contribution in [2.75, 3.05) is 5.32 Å². The fourth-order valence-corrected chi connectivity index (χ4v) is 2.23. The van der Waals surface area contributed by atoms with E-state index in [0.717, 1.165) is 5.56 Å². The lowest BCUT2D eigenvalue weighted by Crippen LogP contribution is -2.11. The quantitative estimate of drug-likeness (QED) is 0.844. The Labute approximate surface area is 136 Å². The number of carbonyl (C=O) groups is 2. The van der Waals surface area contributed by atoms with Crippen LogP contribution in [0.4, 0.5) is 5.69 Å². The molecule has 0 fully saturated rings. The van der Waals surface area contributed by atoms with Gasteiger partial charge in [-0.1, -0.05) is 38.1 Å². The summed E-state index contributed by atoms with van der Waals surface area (Å²) in [7, 11) is 0. The van der Waals surface area contributed by atoms with Crippen molar-refractivity contribution < 1.29 is 14.7 Å². The molecule has 0 aliphatic rings. The van der Waals surface area contributed by atoms with Crippen molar-refractivity contribution in [1.29, 1.82) is 0 Å². The maximum atomic E-state index is 12.2. The van der Waals surface area contributed by atoms with Crippen LogP contribution in [-0.4, -0.2) is 17.0 Å². The minimum Gasteiger partial charge on any atom is -0.481 e. The van der Waals surface area contributed by atoms with Gasteiger partial charge in [-0.25, -0.2) is 0 Å². The molecule has 2 aromatic carbocycles. The average Bonchev–Trinajstić information content (AvgIpc) is 2.54. The number of carbonyl (C=O) groups excluding carboxylic acids is 1. The smallest absolute Gasteiger partial charge is 0.303 e. The Morgan fingerprint density at radius 1 is 1.00 bits per heavy atom. The van der Waals surface area contributed by atoms with E-state index in [-0.39, 0.29) is 12.3 Å². The van der Waals surface area contributed by atoms with Crippen LogP contribution in [0.5, 0.6) is 0 Å². The molecule has 23 heavy (non-hydrogen) atoms. The number of aryl methyl sites for hydroxylation is 1. The van der Waals surface area contributed by atoms with E-state index in [9.17, 15) is 9.59 Å². The van der Waals surface area contributed by atoms with Crippen LogP contribution in [0.2, 0.25) is 0 Å². The van der Waals surface area contributed by atoms with Gasteiger partial charge in [0.05, 0.1) is 0 Å². The third kappa shape index (κ3) is 4.95. The van der Waals surface area contributed by atoms with Gasteiger partial charge in [0.1, 0.15) is 0 Å². The van der Waals surface area contributed by atoms with Gasteiger partial charge >= 0.3 is 5.97 Å². The number of nitrogens with one attached hydrogen (secondary N) is 1. The van der Waals surface area contributed by atoms with E-state index < -0.39 is 5.97 Å². The Bertz CT molecular complexity index is 673. The van der Waals surface area contributed by atoms with Gasteiger partial charge in [-0.2, -0.15) is 0 Å². The highest BCUT2D eigenvalue weighted by molar-refractivity contribution is 6.04. The Morgan fingerprint density at radius 2 is 1.61 bits per heavy atom. The minimum atomic E-state index is -0.813. The number of aliphatic carboxylic acids is 1. The van der Waals surface area contributed by atoms with Crippen molar-refractivity contribution in [2.24, 2.45) is 0 Å². The first kappa shape index (κ1) is 16.7. The summed E-state index contributed by atoms with van der Waals surface area (Å²) in [6.07, 6.45) is 0.591. The Hall–Kier alpha value is -2.62. The fraction of sp³-hybridized carbons (Fsp3) is 0.263. The lowest BCUT2D eigenvalue weighted by molar-refractivity contribution is -0.136. The predicted molar refractivity (Wildman–Crippen MR) is 90.9 cm³/mol. The molecule has 4 nitrogen and oxygen atoms in total. The number of hydrogen-bond acceptors (Lipinski definition) is 2. The molecular weight excluding hydrogens is 290 g/mol. The molecule has 0 atom stereocenters. The normalized spacial score (nSPS) is 10.6. The highest BCUT2D eigenvalue weighted by Gasteiger charge is 2.07. The number of hydrogen-bond donors (Lipinski definition) is 2. The van der Waals surface area contributed by atoms with E-state index in [0.29, 0.717) is 23.6 Å². The monoisotopic (exact) mass is 311 g/mol. The molecule has 0 bridgehead atoms. The van der Waals surface area contributed by atoms with E-state index in [4.69, 9.17) is 5.11 Å². The van der Waals surface area contributed by atoms with E-state index in [1.54, 1.807) is 12.1 Å². The number of benzene rings is 2. The lowest BCUT2D eigenvalue weighted by Gasteiger charge is -2.08. The molecule has 0 saturated carbocycles. The van der Waals surface area contributed by atoms with Crippen molar-refractivity contribution in [1.82, 2.24) is 0 Å². The summed E-state index contributed by atoms with van der Waals surface area (Å²) in [6, 6.07) is 14.8. The summed E-state index contributed by atoms with van der Waals surface area (Å²) in [5.41, 5.74) is 3.45. The molecular formula is C19H21NO3. The largest absolute Gasteiger partial charge is 0.481 e. The molecule has 0 unspecified atom stereocenters. The molecule has 0 aliphatic carbocycles. The zero-order chi connectivity index (χ0) is 16.8. The molecule has 0 spiro atoms. The predicted octanol–water partition coefficient (Wildman–Crippen LogP) is 4.08. The van der Waals surface area contributed by atoms with Gasteiger partial charge in [-0.3, -0.25) is 9.59 Å². The summed E-state index contributed by atoms with van der Waals surface area (Å²) < 4.78 is 0. The first-order valence-corrected chi connectivity index (χ1v) is 7.68. The standard InChI is InChI=1S/C19H21NO3/c1-13(2)15-6-8-16(9-7-15)19(23)20-17-10-3-14(4-11-17)5-12-18(21)22/h3-4,6-11,13H,5,12H2,1-2H3,(H,20,23)(H,21,22). The topological polar surface area (TPSA) is 66.4 Å². The maximum absolute atomic E-state index is 12.2. The van der Waals surface area contributed by atoms with Gasteiger partial charge in [-0.15, -0.1) is 0 Å². The number of carboxylic acid groups (broad SMARTS) is 1. The molecule has 2 rings (SSSR count). The lowest BCUT2D eigenvalue weighted by atomic mass is 10.0. The number of carboxylic acids is 1. The second-order valence-electron chi connectivity index (χ2n) is 5.82. The van der Waals surface area contributed by atoms with Gasteiger partial charge in [0.25, 0.3) is 5.91 Å². The Kier molecular flexibility index (Phi) is 5.52. The van der Waals surface area contributed by atoms with Gasteiger partial charge in [0.2, 0.25) is 0 Å². The first-order chi connectivity index (χ1) is 11.0. The van der Waals surface area contributed by atoms with Crippen molar-refractivity contribution >= 4 is 17.6 Å². The van der Waals surface area contributed by atoms with Crippen LogP contribution in [-0.2, 0) is 11.2 Å². The molecule has 0 heterocycles. The Balaban J connectivity index is 1.98. The SMILES string of the molecule is CC(C)c1ccc(C(=O)Nc2ccc(CCC(=O)O)cc2)cc1. The van der Waals surface area contributed by atoms with Crippen LogP contribution in [0.15, 0.2) is 48.5 Å². The van der Waals surface area contributed by atoms with Crippen LogP contribution in [0, 0.1) is 0 Å². The number of rotatable bonds is 6. The van der Waals surface area contributed by atoms with Crippen molar-refractivity contribution in [3.63, 3.8) is 0 Å². The number of anilines is 1. The Morgan fingerprint density at radius 3 is 2.13 bits per heavy atom. The van der Waals surface area contributed by atoms with Crippen LogP contribution >= 0.6 is 0 Å². The second kappa shape index (κ2) is 7.58. The van der Waals surface area contributed by atoms with Gasteiger partial charge in [0, 0.05) is 17.7 Å². The molecule has 1 amide bonds. The average molecular weight is 311 g/mol.